The standard InChI is InChI=1S/C13H20N2O2/c1-3-7-17-12-6-4-5-11(8-12)9-15-10-13(16)14-2/h4-6,8,15H,3,7,9-10H2,1-2H3,(H,14,16). The van der Waals surface area contributed by atoms with E-state index in [2.05, 4.69) is 17.6 Å². The molecule has 0 atom stereocenters. The Hall–Kier alpha value is -1.55. The fraction of sp³-hybridized carbons (Fsp3) is 0.462. The van der Waals surface area contributed by atoms with Crippen LogP contribution in [0.5, 0.6) is 5.75 Å². The van der Waals surface area contributed by atoms with E-state index in [1.165, 1.54) is 0 Å². The molecule has 94 valence electrons. The van der Waals surface area contributed by atoms with Crippen molar-refractivity contribution in [2.75, 3.05) is 20.2 Å². The summed E-state index contributed by atoms with van der Waals surface area (Å²) in [5, 5.41) is 5.63. The van der Waals surface area contributed by atoms with Crippen LogP contribution in [0.2, 0.25) is 0 Å². The number of carbonyl (C=O) groups is 1. The number of hydrogen-bond acceptors (Lipinski definition) is 3. The third-order valence-electron chi connectivity index (χ3n) is 2.26. The molecule has 1 aromatic rings. The molecule has 17 heavy (non-hydrogen) atoms. The van der Waals surface area contributed by atoms with Crippen LogP contribution in [0.4, 0.5) is 0 Å². The molecule has 0 fully saturated rings. The van der Waals surface area contributed by atoms with Gasteiger partial charge in [-0.3, -0.25) is 4.79 Å². The molecule has 0 bridgehead atoms. The summed E-state index contributed by atoms with van der Waals surface area (Å²) >= 11 is 0. The minimum Gasteiger partial charge on any atom is -0.494 e. The highest BCUT2D eigenvalue weighted by Gasteiger charge is 1.99. The van der Waals surface area contributed by atoms with E-state index >= 15 is 0 Å². The number of ether oxygens (including phenoxy) is 1. The van der Waals surface area contributed by atoms with Gasteiger partial charge in [-0.1, -0.05) is 19.1 Å². The van der Waals surface area contributed by atoms with Crippen LogP contribution in [0.25, 0.3) is 0 Å². The second-order valence-electron chi connectivity index (χ2n) is 3.77. The molecule has 1 rings (SSSR count). The Kier molecular flexibility index (Phi) is 6.10. The summed E-state index contributed by atoms with van der Waals surface area (Å²) in [7, 11) is 1.63. The van der Waals surface area contributed by atoms with E-state index in [1.807, 2.05) is 24.3 Å². The maximum atomic E-state index is 11.0. The van der Waals surface area contributed by atoms with E-state index in [0.29, 0.717) is 13.1 Å². The van der Waals surface area contributed by atoms with E-state index in [1.54, 1.807) is 7.05 Å². The fourth-order valence-corrected chi connectivity index (χ4v) is 1.37. The van der Waals surface area contributed by atoms with Crippen molar-refractivity contribution < 1.29 is 9.53 Å². The predicted octanol–water partition coefficient (Wildman–Crippen LogP) is 1.31. The Balaban J connectivity index is 2.40. The number of hydrogen-bond donors (Lipinski definition) is 2. The van der Waals surface area contributed by atoms with Crippen molar-refractivity contribution in [1.82, 2.24) is 10.6 Å². The summed E-state index contributed by atoms with van der Waals surface area (Å²) in [5.41, 5.74) is 1.11. The van der Waals surface area contributed by atoms with Gasteiger partial charge in [0.15, 0.2) is 0 Å². The predicted molar refractivity (Wildman–Crippen MR) is 68.0 cm³/mol. The Morgan fingerprint density at radius 2 is 2.24 bits per heavy atom. The van der Waals surface area contributed by atoms with E-state index in [9.17, 15) is 4.79 Å². The first-order valence-corrected chi connectivity index (χ1v) is 5.89. The van der Waals surface area contributed by atoms with E-state index in [-0.39, 0.29) is 5.91 Å². The highest BCUT2D eigenvalue weighted by molar-refractivity contribution is 5.77. The van der Waals surface area contributed by atoms with Gasteiger partial charge in [-0.25, -0.2) is 0 Å². The van der Waals surface area contributed by atoms with Crippen LogP contribution in [0, 0.1) is 0 Å². The molecule has 2 N–H and O–H groups in total. The molecular weight excluding hydrogens is 216 g/mol. The first-order chi connectivity index (χ1) is 8.26. The van der Waals surface area contributed by atoms with E-state index in [0.717, 1.165) is 24.3 Å². The highest BCUT2D eigenvalue weighted by atomic mass is 16.5. The summed E-state index contributed by atoms with van der Waals surface area (Å²) in [6, 6.07) is 7.90. The molecule has 4 nitrogen and oxygen atoms in total. The fourth-order valence-electron chi connectivity index (χ4n) is 1.37. The van der Waals surface area contributed by atoms with Crippen molar-refractivity contribution in [3.05, 3.63) is 29.8 Å². The lowest BCUT2D eigenvalue weighted by Gasteiger charge is -2.07. The summed E-state index contributed by atoms with van der Waals surface area (Å²) in [6.07, 6.45) is 0.999. The normalized spacial score (nSPS) is 10.0. The molecule has 0 radical (unpaired) electrons. The molecule has 0 aliphatic heterocycles. The average molecular weight is 236 g/mol. The van der Waals surface area contributed by atoms with Gasteiger partial charge in [-0.05, 0) is 24.1 Å². The molecule has 0 heterocycles. The van der Waals surface area contributed by atoms with Crippen molar-refractivity contribution in [3.8, 4) is 5.75 Å². The number of likely N-dealkylation sites (N-methyl/N-ethyl adjacent to an activating group) is 1. The second kappa shape index (κ2) is 7.68. The Morgan fingerprint density at radius 3 is 2.94 bits per heavy atom. The maximum Gasteiger partial charge on any atom is 0.233 e. The summed E-state index contributed by atoms with van der Waals surface area (Å²) < 4.78 is 5.54. The molecule has 0 spiro atoms. The SMILES string of the molecule is CCCOc1cccc(CNCC(=O)NC)c1. The smallest absolute Gasteiger partial charge is 0.233 e. The highest BCUT2D eigenvalue weighted by Crippen LogP contribution is 2.13. The number of rotatable bonds is 7. The zero-order valence-corrected chi connectivity index (χ0v) is 10.5. The van der Waals surface area contributed by atoms with Crippen molar-refractivity contribution in [2.45, 2.75) is 19.9 Å². The molecule has 0 saturated carbocycles. The zero-order chi connectivity index (χ0) is 12.5. The maximum absolute atomic E-state index is 11.0. The van der Waals surface area contributed by atoms with Crippen molar-refractivity contribution in [3.63, 3.8) is 0 Å². The van der Waals surface area contributed by atoms with Crippen LogP contribution in [-0.4, -0.2) is 26.1 Å². The molecule has 4 heteroatoms. The molecular formula is C13H20N2O2. The van der Waals surface area contributed by atoms with Gasteiger partial charge in [0.2, 0.25) is 5.91 Å². The first-order valence-electron chi connectivity index (χ1n) is 5.89. The monoisotopic (exact) mass is 236 g/mol. The van der Waals surface area contributed by atoms with Gasteiger partial charge in [0.1, 0.15) is 5.75 Å². The minimum atomic E-state index is -0.0108. The Morgan fingerprint density at radius 1 is 1.41 bits per heavy atom. The van der Waals surface area contributed by atoms with Gasteiger partial charge in [0, 0.05) is 13.6 Å². The van der Waals surface area contributed by atoms with Gasteiger partial charge in [-0.15, -0.1) is 0 Å². The van der Waals surface area contributed by atoms with Gasteiger partial charge in [0.25, 0.3) is 0 Å². The van der Waals surface area contributed by atoms with Crippen molar-refractivity contribution in [1.29, 1.82) is 0 Å². The lowest BCUT2D eigenvalue weighted by atomic mass is 10.2. The third kappa shape index (κ3) is 5.36. The van der Waals surface area contributed by atoms with Crippen molar-refractivity contribution in [2.24, 2.45) is 0 Å². The summed E-state index contributed by atoms with van der Waals surface area (Å²) in [5.74, 6) is 0.870. The van der Waals surface area contributed by atoms with Crippen LogP contribution in [0.15, 0.2) is 24.3 Å². The lowest BCUT2D eigenvalue weighted by molar-refractivity contribution is -0.119. The van der Waals surface area contributed by atoms with Crippen LogP contribution in [-0.2, 0) is 11.3 Å². The third-order valence-corrected chi connectivity index (χ3v) is 2.26. The van der Waals surface area contributed by atoms with Crippen molar-refractivity contribution >= 4 is 5.91 Å². The van der Waals surface area contributed by atoms with Crippen LogP contribution >= 0.6 is 0 Å². The average Bonchev–Trinajstić information content (AvgIpc) is 2.36. The number of carbonyl (C=O) groups excluding carboxylic acids is 1. The zero-order valence-electron chi connectivity index (χ0n) is 10.5. The summed E-state index contributed by atoms with van der Waals surface area (Å²) in [4.78, 5) is 11.0. The number of nitrogens with one attached hydrogen (secondary N) is 2. The Labute approximate surface area is 102 Å². The molecule has 1 amide bonds. The lowest BCUT2D eigenvalue weighted by Crippen LogP contribution is -2.30. The first kappa shape index (κ1) is 13.5. The second-order valence-corrected chi connectivity index (χ2v) is 3.77. The molecule has 0 aliphatic rings. The van der Waals surface area contributed by atoms with Crippen LogP contribution < -0.4 is 15.4 Å². The van der Waals surface area contributed by atoms with Gasteiger partial charge < -0.3 is 15.4 Å². The quantitative estimate of drug-likeness (QED) is 0.750. The van der Waals surface area contributed by atoms with Gasteiger partial charge >= 0.3 is 0 Å². The molecule has 1 aromatic carbocycles. The largest absolute Gasteiger partial charge is 0.494 e. The molecule has 0 saturated heterocycles. The van der Waals surface area contributed by atoms with Gasteiger partial charge in [-0.2, -0.15) is 0 Å². The molecule has 0 aliphatic carbocycles. The van der Waals surface area contributed by atoms with Crippen LogP contribution in [0.1, 0.15) is 18.9 Å². The Bertz CT molecular complexity index is 353. The number of amides is 1. The number of benzene rings is 1. The van der Waals surface area contributed by atoms with Crippen LogP contribution in [0.3, 0.4) is 0 Å². The van der Waals surface area contributed by atoms with Gasteiger partial charge in [0.05, 0.1) is 13.2 Å². The molecule has 0 unspecified atom stereocenters. The topological polar surface area (TPSA) is 50.4 Å². The van der Waals surface area contributed by atoms with E-state index in [4.69, 9.17) is 4.74 Å². The molecule has 0 aromatic heterocycles. The minimum absolute atomic E-state index is 0.0108. The van der Waals surface area contributed by atoms with E-state index < -0.39 is 0 Å². The summed E-state index contributed by atoms with van der Waals surface area (Å²) in [6.45, 7) is 3.80.